The highest BCUT2D eigenvalue weighted by Gasteiger charge is 2.46. The third kappa shape index (κ3) is 4.77. The standard InChI is InChI=1S/C21H24F3N5O3/c1-11-8-12(5-7-32-11)10-29-18(16(21(22,23)24)17(28-29)13-2-3-13)20(31)27-14-4-6-26-15(9-14)19(25)30/h4,6,9,11-13H,2-3,5,7-8,10H2,1H3,(H2,25,30)(H,26,27,31). The quantitative estimate of drug-likeness (QED) is 0.700. The summed E-state index contributed by atoms with van der Waals surface area (Å²) in [4.78, 5) is 28.2. The van der Waals surface area contributed by atoms with E-state index in [-0.39, 0.29) is 41.6 Å². The Balaban J connectivity index is 1.71. The average Bonchev–Trinajstić information content (AvgIpc) is 3.48. The fraction of sp³-hybridized carbons (Fsp3) is 0.524. The van der Waals surface area contributed by atoms with Gasteiger partial charge in [-0.15, -0.1) is 0 Å². The molecule has 11 heteroatoms. The van der Waals surface area contributed by atoms with E-state index >= 15 is 0 Å². The molecule has 0 spiro atoms. The Morgan fingerprint density at radius 2 is 2.06 bits per heavy atom. The molecule has 0 radical (unpaired) electrons. The summed E-state index contributed by atoms with van der Waals surface area (Å²) in [6.07, 6.45) is -0.913. The lowest BCUT2D eigenvalue weighted by atomic mass is 9.96. The van der Waals surface area contributed by atoms with Crippen molar-refractivity contribution in [1.29, 1.82) is 0 Å². The van der Waals surface area contributed by atoms with Gasteiger partial charge < -0.3 is 15.8 Å². The maximum Gasteiger partial charge on any atom is 0.420 e. The van der Waals surface area contributed by atoms with Crippen molar-refractivity contribution < 1.29 is 27.5 Å². The minimum Gasteiger partial charge on any atom is -0.378 e. The highest BCUT2D eigenvalue weighted by molar-refractivity contribution is 6.05. The van der Waals surface area contributed by atoms with Crippen molar-refractivity contribution in [2.75, 3.05) is 11.9 Å². The molecule has 2 unspecified atom stereocenters. The molecule has 2 aliphatic rings. The number of aromatic nitrogens is 3. The van der Waals surface area contributed by atoms with Crippen LogP contribution >= 0.6 is 0 Å². The zero-order chi connectivity index (χ0) is 23.0. The van der Waals surface area contributed by atoms with Gasteiger partial charge in [-0.3, -0.25) is 19.3 Å². The number of hydrogen-bond acceptors (Lipinski definition) is 5. The summed E-state index contributed by atoms with van der Waals surface area (Å²) in [5.74, 6) is -2.01. The third-order valence-corrected chi connectivity index (χ3v) is 5.74. The van der Waals surface area contributed by atoms with Gasteiger partial charge in [-0.05, 0) is 50.7 Å². The van der Waals surface area contributed by atoms with Crippen molar-refractivity contribution >= 4 is 17.5 Å². The van der Waals surface area contributed by atoms with Crippen molar-refractivity contribution in [2.45, 2.75) is 57.3 Å². The molecule has 8 nitrogen and oxygen atoms in total. The summed E-state index contributed by atoms with van der Waals surface area (Å²) >= 11 is 0. The number of halogens is 3. The molecule has 1 aliphatic heterocycles. The van der Waals surface area contributed by atoms with Gasteiger partial charge in [0.05, 0.1) is 11.8 Å². The number of nitrogens with zero attached hydrogens (tertiary/aromatic N) is 3. The SMILES string of the molecule is CC1CC(Cn2nc(C3CC3)c(C(F)(F)F)c2C(=O)Nc2ccnc(C(N)=O)c2)CCO1. The van der Waals surface area contributed by atoms with Crippen LogP contribution in [0.3, 0.4) is 0 Å². The summed E-state index contributed by atoms with van der Waals surface area (Å²) < 4.78 is 49.0. The van der Waals surface area contributed by atoms with Gasteiger partial charge in [0.25, 0.3) is 11.8 Å². The zero-order valence-corrected chi connectivity index (χ0v) is 17.5. The number of alkyl halides is 3. The minimum atomic E-state index is -4.73. The Morgan fingerprint density at radius 1 is 1.31 bits per heavy atom. The number of anilines is 1. The molecule has 0 aromatic carbocycles. The molecule has 2 aromatic rings. The zero-order valence-electron chi connectivity index (χ0n) is 17.5. The molecule has 2 amide bonds. The third-order valence-electron chi connectivity index (χ3n) is 5.74. The predicted molar refractivity (Wildman–Crippen MR) is 108 cm³/mol. The largest absolute Gasteiger partial charge is 0.420 e. The molecule has 32 heavy (non-hydrogen) atoms. The Bertz CT molecular complexity index is 1030. The molecule has 2 atom stereocenters. The van der Waals surface area contributed by atoms with E-state index < -0.39 is 29.2 Å². The van der Waals surface area contributed by atoms with Crippen molar-refractivity contribution in [3.8, 4) is 0 Å². The van der Waals surface area contributed by atoms with E-state index in [1.807, 2.05) is 6.92 Å². The van der Waals surface area contributed by atoms with E-state index in [0.29, 0.717) is 32.3 Å². The lowest BCUT2D eigenvalue weighted by Gasteiger charge is -2.27. The number of nitrogens with two attached hydrogens (primary N) is 1. The van der Waals surface area contributed by atoms with Crippen LogP contribution < -0.4 is 11.1 Å². The second-order valence-electron chi connectivity index (χ2n) is 8.38. The lowest BCUT2D eigenvalue weighted by molar-refractivity contribution is -0.138. The molecule has 172 valence electrons. The topological polar surface area (TPSA) is 112 Å². The van der Waals surface area contributed by atoms with E-state index in [2.05, 4.69) is 15.4 Å². The maximum absolute atomic E-state index is 14.1. The van der Waals surface area contributed by atoms with Crippen LogP contribution in [0.25, 0.3) is 0 Å². The first-order valence-corrected chi connectivity index (χ1v) is 10.5. The first-order chi connectivity index (χ1) is 15.1. The summed E-state index contributed by atoms with van der Waals surface area (Å²) in [5, 5.41) is 6.73. The summed E-state index contributed by atoms with van der Waals surface area (Å²) in [6.45, 7) is 2.62. The number of rotatable bonds is 6. The minimum absolute atomic E-state index is 0.00406. The molecule has 2 aromatic heterocycles. The Hall–Kier alpha value is -2.95. The molecule has 1 aliphatic carbocycles. The van der Waals surface area contributed by atoms with Crippen molar-refractivity contribution in [1.82, 2.24) is 14.8 Å². The van der Waals surface area contributed by atoms with E-state index in [9.17, 15) is 22.8 Å². The molecule has 3 heterocycles. The molecule has 1 saturated heterocycles. The molecule has 2 fully saturated rings. The molecular formula is C21H24F3N5O3. The monoisotopic (exact) mass is 451 g/mol. The van der Waals surface area contributed by atoms with E-state index in [1.165, 1.54) is 23.0 Å². The van der Waals surface area contributed by atoms with Crippen LogP contribution in [0.5, 0.6) is 0 Å². The lowest BCUT2D eigenvalue weighted by Crippen LogP contribution is -2.29. The Kier molecular flexibility index (Phi) is 5.93. The Morgan fingerprint density at radius 3 is 2.69 bits per heavy atom. The van der Waals surface area contributed by atoms with Crippen molar-refractivity contribution in [3.05, 3.63) is 41.0 Å². The van der Waals surface area contributed by atoms with Crippen LogP contribution in [0.15, 0.2) is 18.3 Å². The number of hydrogen-bond donors (Lipinski definition) is 2. The average molecular weight is 451 g/mol. The molecule has 0 bridgehead atoms. The molecule has 1 saturated carbocycles. The first kappa shape index (κ1) is 22.3. The molecular weight excluding hydrogens is 427 g/mol. The van der Waals surface area contributed by atoms with Gasteiger partial charge in [0, 0.05) is 31.0 Å². The first-order valence-electron chi connectivity index (χ1n) is 10.5. The van der Waals surface area contributed by atoms with Crippen molar-refractivity contribution in [3.63, 3.8) is 0 Å². The maximum atomic E-state index is 14.1. The number of carbonyl (C=O) groups excluding carboxylic acids is 2. The number of primary amides is 1. The van der Waals surface area contributed by atoms with E-state index in [1.54, 1.807) is 0 Å². The van der Waals surface area contributed by atoms with Gasteiger partial charge in [-0.25, -0.2) is 0 Å². The van der Waals surface area contributed by atoms with Gasteiger partial charge in [0.1, 0.15) is 17.0 Å². The van der Waals surface area contributed by atoms with Gasteiger partial charge in [-0.1, -0.05) is 0 Å². The fourth-order valence-corrected chi connectivity index (χ4v) is 4.10. The van der Waals surface area contributed by atoms with E-state index in [4.69, 9.17) is 10.5 Å². The van der Waals surface area contributed by atoms with Crippen molar-refractivity contribution in [2.24, 2.45) is 11.7 Å². The van der Waals surface area contributed by atoms with Crippen LogP contribution in [0, 0.1) is 5.92 Å². The number of nitrogens with one attached hydrogen (secondary N) is 1. The number of amides is 2. The van der Waals surface area contributed by atoms with Gasteiger partial charge in [0.2, 0.25) is 0 Å². The number of pyridine rings is 1. The van der Waals surface area contributed by atoms with Crippen LogP contribution in [0.1, 0.15) is 70.8 Å². The Labute approximate surface area is 182 Å². The number of ether oxygens (including phenoxy) is 1. The highest BCUT2D eigenvalue weighted by atomic mass is 19.4. The summed E-state index contributed by atoms with van der Waals surface area (Å²) in [5.41, 5.74) is 3.63. The normalized spacial score (nSPS) is 21.4. The van der Waals surface area contributed by atoms with Gasteiger partial charge in [0.15, 0.2) is 0 Å². The van der Waals surface area contributed by atoms with E-state index in [0.717, 1.165) is 0 Å². The molecule has 4 rings (SSSR count). The summed E-state index contributed by atoms with van der Waals surface area (Å²) in [7, 11) is 0. The number of carbonyl (C=O) groups is 2. The second-order valence-corrected chi connectivity index (χ2v) is 8.38. The van der Waals surface area contributed by atoms with Crippen LogP contribution in [-0.4, -0.2) is 39.3 Å². The molecule has 3 N–H and O–H groups in total. The smallest absolute Gasteiger partial charge is 0.378 e. The van der Waals surface area contributed by atoms with Gasteiger partial charge in [-0.2, -0.15) is 18.3 Å². The van der Waals surface area contributed by atoms with Crippen LogP contribution in [0.2, 0.25) is 0 Å². The van der Waals surface area contributed by atoms with Crippen LogP contribution in [-0.2, 0) is 17.5 Å². The van der Waals surface area contributed by atoms with Crippen LogP contribution in [0.4, 0.5) is 18.9 Å². The second kappa shape index (κ2) is 8.53. The fourth-order valence-electron chi connectivity index (χ4n) is 4.10. The van der Waals surface area contributed by atoms with Gasteiger partial charge >= 0.3 is 6.18 Å². The summed E-state index contributed by atoms with van der Waals surface area (Å²) in [6, 6.07) is 2.59. The predicted octanol–water partition coefficient (Wildman–Crippen LogP) is 3.34. The highest BCUT2D eigenvalue weighted by Crippen LogP contribution is 2.47.